The molecule has 1 saturated heterocycles. The number of aromatic nitrogens is 4. The Bertz CT molecular complexity index is 521. The van der Waals surface area contributed by atoms with Crippen molar-refractivity contribution < 1.29 is 4.74 Å². The molecular formula is C14H19N5O. The summed E-state index contributed by atoms with van der Waals surface area (Å²) in [5.41, 5.74) is 1.01. The number of morpholine rings is 1. The Morgan fingerprint density at radius 1 is 1.25 bits per heavy atom. The zero-order valence-electron chi connectivity index (χ0n) is 11.5. The molecule has 0 radical (unpaired) electrons. The first-order valence-corrected chi connectivity index (χ1v) is 7.03. The molecule has 0 spiro atoms. The van der Waals surface area contributed by atoms with Gasteiger partial charge in [0.1, 0.15) is 12.2 Å². The van der Waals surface area contributed by atoms with Crippen LogP contribution in [-0.2, 0) is 11.2 Å². The highest BCUT2D eigenvalue weighted by Crippen LogP contribution is 2.09. The molecule has 2 aromatic rings. The van der Waals surface area contributed by atoms with Crippen molar-refractivity contribution in [3.05, 3.63) is 36.7 Å². The van der Waals surface area contributed by atoms with Crippen LogP contribution in [0.2, 0.25) is 0 Å². The zero-order chi connectivity index (χ0) is 13.6. The van der Waals surface area contributed by atoms with E-state index in [9.17, 15) is 0 Å². The summed E-state index contributed by atoms with van der Waals surface area (Å²) in [6.07, 6.45) is 7.35. The van der Waals surface area contributed by atoms with Crippen LogP contribution in [0.5, 0.6) is 0 Å². The second kappa shape index (κ2) is 6.58. The monoisotopic (exact) mass is 273 g/mol. The Morgan fingerprint density at radius 3 is 2.95 bits per heavy atom. The molecule has 1 aliphatic rings. The number of hydrogen-bond acceptors (Lipinski definition) is 5. The van der Waals surface area contributed by atoms with E-state index in [0.29, 0.717) is 0 Å². The maximum absolute atomic E-state index is 5.35. The van der Waals surface area contributed by atoms with E-state index in [-0.39, 0.29) is 0 Å². The number of aryl methyl sites for hydroxylation is 1. The molecule has 6 nitrogen and oxygen atoms in total. The molecule has 0 unspecified atom stereocenters. The first kappa shape index (κ1) is 13.2. The van der Waals surface area contributed by atoms with Crippen LogP contribution in [0.25, 0.3) is 5.69 Å². The normalized spacial score (nSPS) is 16.4. The van der Waals surface area contributed by atoms with Gasteiger partial charge in [-0.3, -0.25) is 14.5 Å². The highest BCUT2D eigenvalue weighted by atomic mass is 16.5. The minimum Gasteiger partial charge on any atom is -0.379 e. The Labute approximate surface area is 118 Å². The first-order valence-electron chi connectivity index (χ1n) is 7.03. The summed E-state index contributed by atoms with van der Waals surface area (Å²) in [6.45, 7) is 4.87. The maximum atomic E-state index is 5.35. The van der Waals surface area contributed by atoms with Gasteiger partial charge >= 0.3 is 0 Å². The molecule has 106 valence electrons. The summed E-state index contributed by atoms with van der Waals surface area (Å²) in [7, 11) is 0. The van der Waals surface area contributed by atoms with Crippen LogP contribution in [0.1, 0.15) is 12.2 Å². The number of hydrogen-bond donors (Lipinski definition) is 0. The summed E-state index contributed by atoms with van der Waals surface area (Å²) in [4.78, 5) is 6.58. The predicted molar refractivity (Wildman–Crippen MR) is 74.7 cm³/mol. The summed E-state index contributed by atoms with van der Waals surface area (Å²) >= 11 is 0. The molecule has 0 aliphatic carbocycles. The fourth-order valence-electron chi connectivity index (χ4n) is 2.43. The van der Waals surface area contributed by atoms with Crippen LogP contribution in [0.4, 0.5) is 0 Å². The third-order valence-electron chi connectivity index (χ3n) is 3.52. The van der Waals surface area contributed by atoms with E-state index >= 15 is 0 Å². The van der Waals surface area contributed by atoms with Gasteiger partial charge in [0.2, 0.25) is 0 Å². The van der Waals surface area contributed by atoms with Crippen LogP contribution in [0, 0.1) is 0 Å². The molecule has 3 heterocycles. The van der Waals surface area contributed by atoms with Gasteiger partial charge in [-0.25, -0.2) is 0 Å². The van der Waals surface area contributed by atoms with E-state index in [1.54, 1.807) is 12.5 Å². The summed E-state index contributed by atoms with van der Waals surface area (Å²) in [5, 5.41) is 8.23. The van der Waals surface area contributed by atoms with E-state index in [4.69, 9.17) is 4.74 Å². The minimum atomic E-state index is 0.853. The van der Waals surface area contributed by atoms with Gasteiger partial charge in [-0.15, -0.1) is 10.2 Å². The average Bonchev–Trinajstić information content (AvgIpc) is 2.98. The third-order valence-corrected chi connectivity index (χ3v) is 3.52. The lowest BCUT2D eigenvalue weighted by Crippen LogP contribution is -2.37. The zero-order valence-corrected chi connectivity index (χ0v) is 11.5. The largest absolute Gasteiger partial charge is 0.379 e. The molecule has 2 aromatic heterocycles. The van der Waals surface area contributed by atoms with Crippen molar-refractivity contribution in [3.63, 3.8) is 0 Å². The Morgan fingerprint density at radius 2 is 2.15 bits per heavy atom. The van der Waals surface area contributed by atoms with E-state index in [1.807, 2.05) is 22.9 Å². The van der Waals surface area contributed by atoms with Crippen LogP contribution in [-0.4, -0.2) is 57.5 Å². The van der Waals surface area contributed by atoms with Gasteiger partial charge in [-0.1, -0.05) is 0 Å². The number of ether oxygens (including phenoxy) is 1. The van der Waals surface area contributed by atoms with Crippen LogP contribution >= 0.6 is 0 Å². The summed E-state index contributed by atoms with van der Waals surface area (Å²) in [6, 6.07) is 3.94. The molecule has 0 bridgehead atoms. The van der Waals surface area contributed by atoms with Crippen molar-refractivity contribution in [2.24, 2.45) is 0 Å². The van der Waals surface area contributed by atoms with Crippen molar-refractivity contribution in [1.82, 2.24) is 24.6 Å². The van der Waals surface area contributed by atoms with E-state index in [0.717, 1.165) is 57.2 Å². The molecule has 0 aromatic carbocycles. The number of pyridine rings is 1. The van der Waals surface area contributed by atoms with Crippen molar-refractivity contribution in [2.45, 2.75) is 12.8 Å². The molecule has 0 amide bonds. The van der Waals surface area contributed by atoms with Gasteiger partial charge in [-0.2, -0.15) is 0 Å². The minimum absolute atomic E-state index is 0.853. The van der Waals surface area contributed by atoms with Gasteiger partial charge in [0.25, 0.3) is 0 Å². The number of nitrogens with zero attached hydrogens (tertiary/aromatic N) is 5. The van der Waals surface area contributed by atoms with Crippen molar-refractivity contribution in [2.75, 3.05) is 32.8 Å². The quantitative estimate of drug-likeness (QED) is 0.811. The third kappa shape index (κ3) is 3.20. The molecule has 1 aliphatic heterocycles. The van der Waals surface area contributed by atoms with Gasteiger partial charge in [0.15, 0.2) is 0 Å². The Kier molecular flexibility index (Phi) is 4.35. The average molecular weight is 273 g/mol. The standard InChI is InChI=1S/C14H19N5O/c1-3-13(11-15-5-1)19-12-16-17-14(19)4-2-6-18-7-9-20-10-8-18/h1,3,5,11-12H,2,4,6-10H2. The van der Waals surface area contributed by atoms with Crippen LogP contribution in [0.3, 0.4) is 0 Å². The molecule has 1 fully saturated rings. The van der Waals surface area contributed by atoms with Gasteiger partial charge in [-0.05, 0) is 25.1 Å². The lowest BCUT2D eigenvalue weighted by molar-refractivity contribution is 0.0374. The Hall–Kier alpha value is -1.79. The molecule has 6 heteroatoms. The van der Waals surface area contributed by atoms with Crippen molar-refractivity contribution in [1.29, 1.82) is 0 Å². The second-order valence-corrected chi connectivity index (χ2v) is 4.89. The lowest BCUT2D eigenvalue weighted by atomic mass is 10.2. The topological polar surface area (TPSA) is 56.1 Å². The van der Waals surface area contributed by atoms with Crippen molar-refractivity contribution >= 4 is 0 Å². The van der Waals surface area contributed by atoms with Gasteiger partial charge < -0.3 is 4.74 Å². The molecule has 0 N–H and O–H groups in total. The van der Waals surface area contributed by atoms with Gasteiger partial charge in [0, 0.05) is 25.7 Å². The smallest absolute Gasteiger partial charge is 0.137 e. The molecule has 3 rings (SSSR count). The first-order chi connectivity index (χ1) is 9.93. The van der Waals surface area contributed by atoms with E-state index in [2.05, 4.69) is 20.1 Å². The highest BCUT2D eigenvalue weighted by Gasteiger charge is 2.11. The number of rotatable bonds is 5. The fourth-order valence-corrected chi connectivity index (χ4v) is 2.43. The Balaban J connectivity index is 1.57. The van der Waals surface area contributed by atoms with Gasteiger partial charge in [0.05, 0.1) is 25.1 Å². The lowest BCUT2D eigenvalue weighted by Gasteiger charge is -2.26. The molecule has 20 heavy (non-hydrogen) atoms. The highest BCUT2D eigenvalue weighted by molar-refractivity contribution is 5.28. The maximum Gasteiger partial charge on any atom is 0.137 e. The second-order valence-electron chi connectivity index (χ2n) is 4.89. The van der Waals surface area contributed by atoms with Crippen LogP contribution < -0.4 is 0 Å². The van der Waals surface area contributed by atoms with E-state index < -0.39 is 0 Å². The van der Waals surface area contributed by atoms with Crippen molar-refractivity contribution in [3.8, 4) is 5.69 Å². The van der Waals surface area contributed by atoms with Crippen LogP contribution in [0.15, 0.2) is 30.9 Å². The molecule has 0 atom stereocenters. The molecule has 0 saturated carbocycles. The predicted octanol–water partition coefficient (Wildman–Crippen LogP) is 0.927. The fraction of sp³-hybridized carbons (Fsp3) is 0.500. The summed E-state index contributed by atoms with van der Waals surface area (Å²) < 4.78 is 7.36. The molecular weight excluding hydrogens is 254 g/mol. The SMILES string of the molecule is c1cncc(-n2cnnc2CCCN2CCOCC2)c1. The summed E-state index contributed by atoms with van der Waals surface area (Å²) in [5.74, 6) is 0.992. The van der Waals surface area contributed by atoms with E-state index in [1.165, 1.54) is 0 Å².